The maximum absolute atomic E-state index is 10.7. The fourth-order valence-corrected chi connectivity index (χ4v) is 6.42. The Morgan fingerprint density at radius 2 is 0.634 bits per heavy atom. The number of rotatable bonds is 0. The maximum atomic E-state index is 9.87. The van der Waals surface area contributed by atoms with Gasteiger partial charge in [-0.3, -0.25) is 0 Å². The first-order valence-electron chi connectivity index (χ1n) is 23.9. The summed E-state index contributed by atoms with van der Waals surface area (Å²) in [6, 6.07) is 32.7. The Labute approximate surface area is 414 Å². The van der Waals surface area contributed by atoms with Gasteiger partial charge in [-0.15, -0.1) is 0 Å². The van der Waals surface area contributed by atoms with Gasteiger partial charge >= 0.3 is 33.0 Å². The Kier molecular flexibility index (Phi) is 27.0. The van der Waals surface area contributed by atoms with Gasteiger partial charge in [-0.1, -0.05) is 91.1 Å². The van der Waals surface area contributed by atoms with E-state index >= 15 is 0 Å². The number of fused-ring (bicyclic) bond motifs is 4. The van der Waals surface area contributed by atoms with E-state index in [1.165, 1.54) is 22.3 Å². The molecule has 0 aromatic heterocycles. The topological polar surface area (TPSA) is 109 Å². The zero-order valence-electron chi connectivity index (χ0n) is 40.3. The number of halogens is 6. The smallest absolute Gasteiger partial charge is 0.161 e. The quantitative estimate of drug-likeness (QED) is 0.104. The molecule has 18 heteroatoms. The van der Waals surface area contributed by atoms with Crippen LogP contribution in [-0.2, 0) is 54.7 Å². The Morgan fingerprint density at radius 3 is 0.986 bits per heavy atom. The molecule has 0 atom stereocenters. The fraction of sp³-hybridized carbons (Fsp3) is 0.472. The van der Waals surface area contributed by atoms with Crippen molar-refractivity contribution < 1.29 is 77.9 Å². The van der Waals surface area contributed by atoms with Gasteiger partial charge in [-0.2, -0.15) is 0 Å². The zero-order chi connectivity index (χ0) is 50.6. The summed E-state index contributed by atoms with van der Waals surface area (Å²) in [6.45, 7) is 10.4. The van der Waals surface area contributed by atoms with Crippen molar-refractivity contribution in [1.29, 1.82) is 0 Å². The number of ether oxygens (including phenoxy) is 10. The van der Waals surface area contributed by atoms with Crippen molar-refractivity contribution in [3.8, 4) is 46.7 Å². The van der Waals surface area contributed by atoms with Crippen molar-refractivity contribution in [2.24, 2.45) is 0 Å². The molecule has 0 fully saturated rings. The molecule has 0 radical (unpaired) electrons. The predicted molar refractivity (Wildman–Crippen MR) is 261 cm³/mol. The summed E-state index contributed by atoms with van der Waals surface area (Å²) in [5.74, 6) is 15.0. The second-order valence-corrected chi connectivity index (χ2v) is 17.9. The first kappa shape index (κ1) is 58.5. The Balaban J connectivity index is 0.000000272. The molecule has 4 aromatic rings. The van der Waals surface area contributed by atoms with Crippen LogP contribution in [0.1, 0.15) is 67.2 Å². The normalized spacial score (nSPS) is 18.3. The van der Waals surface area contributed by atoms with Gasteiger partial charge in [0.1, 0.15) is 39.5 Å². The standard InChI is InChI=1S/C29H35NO2.C24H32O8.F6P/c1-2-4-6-8-10-20-31-24-28-16-12-26(13-17-28)22-30-23-27-14-18-29(19-15-27)25-32-21-11-9-7-5-3-1;1-2-6-22-21(5-1)29-17-13-25-9-10-27-15-19-31-23-7-3-4-8-24(23)32-20-16-28-12-11-26-14-18-30-22;1-7(2,3,4,5)6/h12-19,30H,4,6-11,20-25H2;1-8H,9-20H2;/q;;-1/p+1. The summed E-state index contributed by atoms with van der Waals surface area (Å²) in [6.07, 6.45) is 7.27. The number of nitrogens with two attached hydrogens (primary N) is 1. The summed E-state index contributed by atoms with van der Waals surface area (Å²) in [5.41, 5.74) is 5.16. The van der Waals surface area contributed by atoms with Crippen LogP contribution in [0.15, 0.2) is 97.1 Å². The number of hydrogen-bond donors (Lipinski definition) is 1. The van der Waals surface area contributed by atoms with E-state index in [0.29, 0.717) is 115 Å². The minimum Gasteiger partial charge on any atom is -0.487 e. The molecule has 392 valence electrons. The van der Waals surface area contributed by atoms with Crippen LogP contribution in [0.2, 0.25) is 0 Å². The average Bonchev–Trinajstić information content (AvgIpc) is 3.34. The monoisotopic (exact) mass is 1020 g/mol. The molecular weight excluding hydrogens is 956 g/mol. The second-order valence-electron chi connectivity index (χ2n) is 16.0. The van der Waals surface area contributed by atoms with Gasteiger partial charge in [0.2, 0.25) is 0 Å². The summed E-state index contributed by atoms with van der Waals surface area (Å²) in [7, 11) is -10.7. The molecule has 4 heterocycles. The largest absolute Gasteiger partial charge is 0.487 e. The van der Waals surface area contributed by atoms with E-state index < -0.39 is 7.81 Å². The van der Waals surface area contributed by atoms with Gasteiger partial charge in [0.05, 0.1) is 66.1 Å². The Morgan fingerprint density at radius 1 is 0.338 bits per heavy atom. The number of para-hydroxylation sites is 4. The van der Waals surface area contributed by atoms with Crippen molar-refractivity contribution in [3.63, 3.8) is 0 Å². The van der Waals surface area contributed by atoms with Crippen LogP contribution in [0.4, 0.5) is 25.2 Å². The van der Waals surface area contributed by atoms with Crippen LogP contribution < -0.4 is 24.3 Å². The SMILES string of the molecule is C1#CCCCCCOCc2ccc(cc2)C[NH2+]Cc2ccc(cc2)COCCCCC#C1.F[P-](F)(F)(F)(F)F.c1ccc2c(c1)OCCOCCOCCOc1ccccc1OCCOCCOCCO2. The van der Waals surface area contributed by atoms with Crippen LogP contribution in [0.25, 0.3) is 0 Å². The van der Waals surface area contributed by atoms with Gasteiger partial charge in [-0.05, 0) is 72.9 Å². The summed E-state index contributed by atoms with van der Waals surface area (Å²) < 4.78 is 116. The van der Waals surface area contributed by atoms with Crippen LogP contribution in [-0.4, -0.2) is 92.5 Å². The first-order valence-corrected chi connectivity index (χ1v) is 26.0. The third-order valence-electron chi connectivity index (χ3n) is 9.90. The van der Waals surface area contributed by atoms with Crippen molar-refractivity contribution in [3.05, 3.63) is 119 Å². The average molecular weight is 1020 g/mol. The molecule has 4 aliphatic rings. The molecule has 0 saturated heterocycles. The molecule has 0 spiro atoms. The minimum absolute atomic E-state index is 0.425. The van der Waals surface area contributed by atoms with E-state index in [2.05, 4.69) is 77.5 Å². The van der Waals surface area contributed by atoms with Gasteiger partial charge in [-0.25, -0.2) is 0 Å². The minimum atomic E-state index is -10.7. The number of hydrogen-bond acceptors (Lipinski definition) is 10. The van der Waals surface area contributed by atoms with E-state index in [-0.39, 0.29) is 0 Å². The van der Waals surface area contributed by atoms with Crippen LogP contribution in [0.3, 0.4) is 0 Å². The van der Waals surface area contributed by atoms with Crippen molar-refractivity contribution in [2.75, 3.05) is 92.5 Å². The van der Waals surface area contributed by atoms with E-state index in [4.69, 9.17) is 47.4 Å². The Hall–Kier alpha value is -5.07. The van der Waals surface area contributed by atoms with Crippen LogP contribution in [0, 0.1) is 23.7 Å². The molecule has 4 aromatic carbocycles. The van der Waals surface area contributed by atoms with Gasteiger partial charge in [0.25, 0.3) is 0 Å². The van der Waals surface area contributed by atoms with Crippen LogP contribution >= 0.6 is 7.81 Å². The molecule has 4 bridgehead atoms. The van der Waals surface area contributed by atoms with E-state index in [9.17, 15) is 25.2 Å². The molecule has 2 N–H and O–H groups in total. The number of quaternary nitrogens is 1. The van der Waals surface area contributed by atoms with Gasteiger partial charge in [0.15, 0.2) is 23.0 Å². The molecule has 11 nitrogen and oxygen atoms in total. The van der Waals surface area contributed by atoms with Crippen molar-refractivity contribution in [2.45, 2.75) is 71.2 Å². The third-order valence-corrected chi connectivity index (χ3v) is 9.90. The summed E-state index contributed by atoms with van der Waals surface area (Å²) >= 11 is 0. The molecule has 0 amide bonds. The molecule has 4 aliphatic heterocycles. The summed E-state index contributed by atoms with van der Waals surface area (Å²) in [5, 5.41) is 2.35. The second kappa shape index (κ2) is 32.8. The van der Waals surface area contributed by atoms with Gasteiger partial charge in [0, 0.05) is 37.2 Å². The van der Waals surface area contributed by atoms with Crippen LogP contribution in [0.5, 0.6) is 23.0 Å². The molecule has 0 unspecified atom stereocenters. The van der Waals surface area contributed by atoms with Crippen molar-refractivity contribution in [1.82, 2.24) is 0 Å². The van der Waals surface area contributed by atoms with Gasteiger partial charge < -0.3 is 52.7 Å². The Bertz CT molecular complexity index is 2050. The molecule has 8 rings (SSSR count). The first-order chi connectivity index (χ1) is 34.3. The van der Waals surface area contributed by atoms with E-state index in [0.717, 1.165) is 71.2 Å². The molecule has 0 saturated carbocycles. The van der Waals surface area contributed by atoms with E-state index in [1.807, 2.05) is 48.5 Å². The molecule has 0 aliphatic carbocycles. The zero-order valence-corrected chi connectivity index (χ0v) is 41.2. The fourth-order valence-electron chi connectivity index (χ4n) is 6.42. The predicted octanol–water partition coefficient (Wildman–Crippen LogP) is 11.1. The third kappa shape index (κ3) is 32.5. The van der Waals surface area contributed by atoms with Crippen molar-refractivity contribution >= 4 is 7.81 Å². The maximum Gasteiger partial charge on any atom is 0.161 e. The summed E-state index contributed by atoms with van der Waals surface area (Å²) in [4.78, 5) is 0. The van der Waals surface area contributed by atoms with E-state index in [1.54, 1.807) is 0 Å². The molecular formula is C53H68F6NO10P. The molecule has 71 heavy (non-hydrogen) atoms. The number of benzene rings is 4.